The zero-order valence-corrected chi connectivity index (χ0v) is 17.8. The van der Waals surface area contributed by atoms with Crippen LogP contribution in [-0.4, -0.2) is 50.0 Å². The van der Waals surface area contributed by atoms with Gasteiger partial charge in [-0.15, -0.1) is 11.6 Å². The Morgan fingerprint density at radius 2 is 2.08 bits per heavy atom. The van der Waals surface area contributed by atoms with Gasteiger partial charge in [0.25, 0.3) is 0 Å². The van der Waals surface area contributed by atoms with Gasteiger partial charge in [-0.25, -0.2) is 0 Å². The van der Waals surface area contributed by atoms with Crippen molar-refractivity contribution in [2.45, 2.75) is 32.9 Å². The third-order valence-electron chi connectivity index (χ3n) is 2.85. The van der Waals surface area contributed by atoms with Crippen LogP contribution in [0.25, 0.3) is 0 Å². The molecular weight excluding hydrogens is 385 g/mol. The largest absolute Gasteiger partial charge is 0.493 e. The number of hydrogen-bond acceptors (Lipinski definition) is 6. The predicted octanol–water partition coefficient (Wildman–Crippen LogP) is 1.57. The van der Waals surface area contributed by atoms with Crippen molar-refractivity contribution >= 4 is 5.97 Å². The summed E-state index contributed by atoms with van der Waals surface area (Å²) in [4.78, 5) is 14.0. The number of nitrogens with two attached hydrogens (primary N) is 1. The van der Waals surface area contributed by atoms with E-state index in [2.05, 4.69) is 6.07 Å². The normalized spacial score (nSPS) is 11.1. The van der Waals surface area contributed by atoms with Crippen LogP contribution in [0.5, 0.6) is 5.75 Å². The number of nitrogens with zero attached hydrogens (tertiary/aromatic N) is 1. The zero-order chi connectivity index (χ0) is 17.3. The molecule has 0 aliphatic rings. The second-order valence-corrected chi connectivity index (χ2v) is 6.17. The molecule has 6 nitrogen and oxygen atoms in total. The molecule has 24 heavy (non-hydrogen) atoms. The van der Waals surface area contributed by atoms with Crippen LogP contribution >= 0.6 is 0 Å². The van der Waals surface area contributed by atoms with Gasteiger partial charge in [-0.2, -0.15) is 18.2 Å². The third-order valence-corrected chi connectivity index (χ3v) is 2.85. The van der Waals surface area contributed by atoms with Crippen LogP contribution in [0.4, 0.5) is 0 Å². The van der Waals surface area contributed by atoms with Gasteiger partial charge in [0.2, 0.25) is 0 Å². The van der Waals surface area contributed by atoms with E-state index in [1.165, 1.54) is 0 Å². The molecule has 2 N–H and O–H groups in total. The van der Waals surface area contributed by atoms with Crippen molar-refractivity contribution in [3.63, 3.8) is 0 Å². The molecule has 1 rings (SSSR count). The Labute approximate surface area is 169 Å². The number of ether oxygens (including phenoxy) is 3. The van der Waals surface area contributed by atoms with E-state index in [0.717, 1.165) is 5.56 Å². The molecule has 0 heterocycles. The molecule has 0 atom stereocenters. The Bertz CT molecular complexity index is 492. The topological polar surface area (TPSA) is 74.0 Å². The van der Waals surface area contributed by atoms with Crippen molar-refractivity contribution in [3.05, 3.63) is 29.8 Å². The number of hydrogen-bond donors (Lipinski definition) is 1. The standard InChI is InChI=1S/C17H27N2O4.Y/c1-17(2,3)23-16(20)12-19(10-9-18)11-14-7-5-6-8-15(14)22-13-21-4;/h6-8H,9-13,18H2,1-4H3;/q-1;. The molecular formula is C17H27N2O4Y-. The van der Waals surface area contributed by atoms with Crippen molar-refractivity contribution < 1.29 is 51.7 Å². The number of carbonyl (C=O) groups is 1. The predicted molar refractivity (Wildman–Crippen MR) is 88.0 cm³/mol. The quantitative estimate of drug-likeness (QED) is 0.377. The van der Waals surface area contributed by atoms with Gasteiger partial charge < -0.3 is 19.9 Å². The summed E-state index contributed by atoms with van der Waals surface area (Å²) in [5.41, 5.74) is 6.07. The van der Waals surface area contributed by atoms with Crippen LogP contribution in [0, 0.1) is 6.07 Å². The summed E-state index contributed by atoms with van der Waals surface area (Å²) >= 11 is 0. The van der Waals surface area contributed by atoms with Crippen LogP contribution < -0.4 is 10.5 Å². The van der Waals surface area contributed by atoms with E-state index in [4.69, 9.17) is 19.9 Å². The average molecular weight is 412 g/mol. The summed E-state index contributed by atoms with van der Waals surface area (Å²) in [6, 6.07) is 8.45. The van der Waals surface area contributed by atoms with E-state index in [9.17, 15) is 4.79 Å². The van der Waals surface area contributed by atoms with E-state index in [1.54, 1.807) is 13.2 Å². The first kappa shape index (κ1) is 23.5. The average Bonchev–Trinajstić information content (AvgIpc) is 2.44. The Hall–Kier alpha value is -0.526. The van der Waals surface area contributed by atoms with Crippen LogP contribution in [0.3, 0.4) is 0 Å². The van der Waals surface area contributed by atoms with E-state index in [0.29, 0.717) is 25.4 Å². The fourth-order valence-electron chi connectivity index (χ4n) is 2.03. The van der Waals surface area contributed by atoms with E-state index in [1.807, 2.05) is 37.8 Å². The summed E-state index contributed by atoms with van der Waals surface area (Å²) < 4.78 is 15.8. The smallest absolute Gasteiger partial charge is 0.320 e. The molecule has 0 saturated carbocycles. The van der Waals surface area contributed by atoms with E-state index < -0.39 is 5.60 Å². The number of esters is 1. The molecule has 133 valence electrons. The molecule has 0 bridgehead atoms. The van der Waals surface area contributed by atoms with E-state index in [-0.39, 0.29) is 52.0 Å². The maximum Gasteiger partial charge on any atom is 0.320 e. The van der Waals surface area contributed by atoms with Gasteiger partial charge in [0.05, 0.1) is 6.54 Å². The fourth-order valence-corrected chi connectivity index (χ4v) is 2.03. The monoisotopic (exact) mass is 412 g/mol. The molecule has 0 aliphatic carbocycles. The zero-order valence-electron chi connectivity index (χ0n) is 15.0. The molecule has 1 aromatic carbocycles. The van der Waals surface area contributed by atoms with Crippen molar-refractivity contribution in [1.82, 2.24) is 4.90 Å². The number of carbonyl (C=O) groups excluding carboxylic acids is 1. The molecule has 0 spiro atoms. The minimum Gasteiger partial charge on any atom is -0.493 e. The second-order valence-electron chi connectivity index (χ2n) is 6.17. The minimum atomic E-state index is -0.501. The summed E-state index contributed by atoms with van der Waals surface area (Å²) in [5.74, 6) is 0.432. The summed E-state index contributed by atoms with van der Waals surface area (Å²) in [7, 11) is 1.57. The van der Waals surface area contributed by atoms with Crippen molar-refractivity contribution in [3.8, 4) is 5.75 Å². The SMILES string of the molecule is COCOc1cc[c-]cc1CN(CCN)CC(=O)OC(C)(C)C.[Y]. The molecule has 1 radical (unpaired) electrons. The van der Waals surface area contributed by atoms with Crippen LogP contribution in [0.2, 0.25) is 0 Å². The summed E-state index contributed by atoms with van der Waals surface area (Å²) in [5, 5.41) is 0. The van der Waals surface area contributed by atoms with Gasteiger partial charge in [-0.1, -0.05) is 0 Å². The van der Waals surface area contributed by atoms with Crippen molar-refractivity contribution in [2.24, 2.45) is 5.73 Å². The van der Waals surface area contributed by atoms with Gasteiger partial charge >= 0.3 is 5.97 Å². The maximum atomic E-state index is 12.0. The number of rotatable bonds is 9. The Morgan fingerprint density at radius 3 is 2.67 bits per heavy atom. The number of benzene rings is 1. The Morgan fingerprint density at radius 1 is 1.38 bits per heavy atom. The molecule has 0 aromatic heterocycles. The first-order valence-corrected chi connectivity index (χ1v) is 7.60. The van der Waals surface area contributed by atoms with Gasteiger partial charge in [-0.3, -0.25) is 9.69 Å². The van der Waals surface area contributed by atoms with Gasteiger partial charge in [0.15, 0.2) is 6.79 Å². The molecule has 0 aliphatic heterocycles. The Balaban J connectivity index is 0.00000529. The van der Waals surface area contributed by atoms with E-state index >= 15 is 0 Å². The van der Waals surface area contributed by atoms with Crippen molar-refractivity contribution in [1.29, 1.82) is 0 Å². The maximum absolute atomic E-state index is 12.0. The van der Waals surface area contributed by atoms with Gasteiger partial charge in [-0.05, 0) is 27.3 Å². The molecule has 0 amide bonds. The molecule has 0 saturated heterocycles. The second kappa shape index (κ2) is 11.9. The molecule has 1 aromatic rings. The molecule has 7 heteroatoms. The van der Waals surface area contributed by atoms with Crippen LogP contribution in [0.1, 0.15) is 26.3 Å². The fraction of sp³-hybridized carbons (Fsp3) is 0.588. The van der Waals surface area contributed by atoms with Crippen LogP contribution in [-0.2, 0) is 53.5 Å². The first-order chi connectivity index (χ1) is 10.9. The number of methoxy groups -OCH3 is 1. The first-order valence-electron chi connectivity index (χ1n) is 7.60. The van der Waals surface area contributed by atoms with Gasteiger partial charge in [0, 0.05) is 58.7 Å². The summed E-state index contributed by atoms with van der Waals surface area (Å²) in [6.45, 7) is 7.44. The Kier molecular flexibility index (Phi) is 11.7. The van der Waals surface area contributed by atoms with Crippen molar-refractivity contribution in [2.75, 3.05) is 33.5 Å². The molecule has 0 unspecified atom stereocenters. The minimum absolute atomic E-state index is 0. The molecule has 0 fully saturated rings. The van der Waals surface area contributed by atoms with Gasteiger partial charge in [0.1, 0.15) is 5.60 Å². The van der Waals surface area contributed by atoms with Crippen LogP contribution in [0.15, 0.2) is 18.2 Å². The summed E-state index contributed by atoms with van der Waals surface area (Å²) in [6.07, 6.45) is 0. The third kappa shape index (κ3) is 9.69.